The van der Waals surface area contributed by atoms with Crippen molar-refractivity contribution in [1.82, 2.24) is 0 Å². The maximum atomic E-state index is 12.0. The van der Waals surface area contributed by atoms with Gasteiger partial charge in [-0.25, -0.2) is 4.79 Å². The molecular formula is C19H18ClNO4. The predicted octanol–water partition coefficient (Wildman–Crippen LogP) is 4.18. The molecule has 0 aliphatic carbocycles. The number of esters is 1. The average Bonchev–Trinajstić information content (AvgIpc) is 2.60. The Bertz CT molecular complexity index is 785. The van der Waals surface area contributed by atoms with Crippen molar-refractivity contribution in [2.75, 3.05) is 19.0 Å². The van der Waals surface area contributed by atoms with Gasteiger partial charge in [-0.05, 0) is 48.9 Å². The Morgan fingerprint density at radius 1 is 1.16 bits per heavy atom. The number of hydrogen-bond donors (Lipinski definition) is 1. The molecule has 0 heterocycles. The molecule has 0 saturated carbocycles. The van der Waals surface area contributed by atoms with Gasteiger partial charge in [-0.15, -0.1) is 0 Å². The molecular weight excluding hydrogens is 342 g/mol. The molecule has 1 amide bonds. The molecule has 0 aliphatic heterocycles. The SMILES string of the molecule is CCOC(=O)c1ccc(NC(=O)/C=C/c2ccc(OC)cc2)cc1Cl. The van der Waals surface area contributed by atoms with Gasteiger partial charge in [0.05, 0.1) is 24.3 Å². The zero-order valence-electron chi connectivity index (χ0n) is 13.9. The first-order chi connectivity index (χ1) is 12.0. The molecule has 25 heavy (non-hydrogen) atoms. The third-order valence-electron chi connectivity index (χ3n) is 3.27. The first-order valence-electron chi connectivity index (χ1n) is 7.63. The van der Waals surface area contributed by atoms with Crippen LogP contribution >= 0.6 is 11.6 Å². The lowest BCUT2D eigenvalue weighted by Crippen LogP contribution is -2.09. The zero-order valence-corrected chi connectivity index (χ0v) is 14.7. The van der Waals surface area contributed by atoms with Crippen molar-refractivity contribution in [3.05, 3.63) is 64.7 Å². The molecule has 1 N–H and O–H groups in total. The van der Waals surface area contributed by atoms with Gasteiger partial charge in [-0.1, -0.05) is 23.7 Å². The van der Waals surface area contributed by atoms with E-state index in [2.05, 4.69) is 5.32 Å². The number of benzene rings is 2. The summed E-state index contributed by atoms with van der Waals surface area (Å²) < 4.78 is 9.98. The summed E-state index contributed by atoms with van der Waals surface area (Å²) in [5.41, 5.74) is 1.62. The van der Waals surface area contributed by atoms with Gasteiger partial charge in [0.2, 0.25) is 5.91 Å². The molecule has 0 radical (unpaired) electrons. The minimum Gasteiger partial charge on any atom is -0.497 e. The minimum absolute atomic E-state index is 0.218. The summed E-state index contributed by atoms with van der Waals surface area (Å²) >= 11 is 6.06. The van der Waals surface area contributed by atoms with E-state index in [-0.39, 0.29) is 23.1 Å². The van der Waals surface area contributed by atoms with Crippen LogP contribution in [-0.4, -0.2) is 25.6 Å². The number of amides is 1. The predicted molar refractivity (Wildman–Crippen MR) is 98.1 cm³/mol. The summed E-state index contributed by atoms with van der Waals surface area (Å²) in [5, 5.41) is 2.90. The van der Waals surface area contributed by atoms with Crippen LogP contribution in [0.3, 0.4) is 0 Å². The van der Waals surface area contributed by atoms with E-state index < -0.39 is 5.97 Å². The van der Waals surface area contributed by atoms with Crippen molar-refractivity contribution in [3.63, 3.8) is 0 Å². The second-order valence-corrected chi connectivity index (χ2v) is 5.42. The fourth-order valence-electron chi connectivity index (χ4n) is 2.04. The molecule has 0 unspecified atom stereocenters. The van der Waals surface area contributed by atoms with Gasteiger partial charge >= 0.3 is 5.97 Å². The van der Waals surface area contributed by atoms with Crippen LogP contribution in [0.1, 0.15) is 22.8 Å². The van der Waals surface area contributed by atoms with Gasteiger partial charge < -0.3 is 14.8 Å². The fourth-order valence-corrected chi connectivity index (χ4v) is 2.30. The van der Waals surface area contributed by atoms with Crippen LogP contribution in [0.15, 0.2) is 48.5 Å². The Labute approximate surface area is 151 Å². The number of hydrogen-bond acceptors (Lipinski definition) is 4. The van der Waals surface area contributed by atoms with E-state index in [9.17, 15) is 9.59 Å². The van der Waals surface area contributed by atoms with Gasteiger partial charge in [0.25, 0.3) is 0 Å². The smallest absolute Gasteiger partial charge is 0.339 e. The minimum atomic E-state index is -0.496. The van der Waals surface area contributed by atoms with Crippen molar-refractivity contribution in [2.24, 2.45) is 0 Å². The Kier molecular flexibility index (Phi) is 6.60. The summed E-state index contributed by atoms with van der Waals surface area (Å²) in [7, 11) is 1.59. The van der Waals surface area contributed by atoms with Crippen LogP contribution in [-0.2, 0) is 9.53 Å². The lowest BCUT2D eigenvalue weighted by Gasteiger charge is -2.07. The molecule has 130 valence electrons. The molecule has 0 fully saturated rings. The molecule has 2 aromatic rings. The molecule has 0 spiro atoms. The van der Waals surface area contributed by atoms with E-state index in [1.165, 1.54) is 18.2 Å². The number of rotatable bonds is 6. The third-order valence-corrected chi connectivity index (χ3v) is 3.59. The highest BCUT2D eigenvalue weighted by Crippen LogP contribution is 2.22. The van der Waals surface area contributed by atoms with E-state index in [0.29, 0.717) is 5.69 Å². The van der Waals surface area contributed by atoms with E-state index >= 15 is 0 Å². The normalized spacial score (nSPS) is 10.5. The first-order valence-corrected chi connectivity index (χ1v) is 8.01. The summed E-state index contributed by atoms with van der Waals surface area (Å²) in [6.45, 7) is 1.99. The Balaban J connectivity index is 2.01. The molecule has 0 atom stereocenters. The topological polar surface area (TPSA) is 64.6 Å². The van der Waals surface area contributed by atoms with Gasteiger partial charge in [-0.3, -0.25) is 4.79 Å². The first kappa shape index (κ1) is 18.5. The number of carbonyl (C=O) groups is 2. The fraction of sp³-hybridized carbons (Fsp3) is 0.158. The molecule has 5 nitrogen and oxygen atoms in total. The largest absolute Gasteiger partial charge is 0.497 e. The van der Waals surface area contributed by atoms with E-state index in [0.717, 1.165) is 11.3 Å². The number of halogens is 1. The van der Waals surface area contributed by atoms with Crippen LogP contribution in [0.25, 0.3) is 6.08 Å². The molecule has 0 aliphatic rings. The quantitative estimate of drug-likeness (QED) is 0.620. The number of anilines is 1. The molecule has 2 aromatic carbocycles. The number of ether oxygens (including phenoxy) is 2. The highest BCUT2D eigenvalue weighted by atomic mass is 35.5. The van der Waals surface area contributed by atoms with Crippen LogP contribution in [0.4, 0.5) is 5.69 Å². The van der Waals surface area contributed by atoms with Crippen LogP contribution in [0, 0.1) is 0 Å². The average molecular weight is 360 g/mol. The molecule has 6 heteroatoms. The molecule has 2 rings (SSSR count). The second kappa shape index (κ2) is 8.89. The van der Waals surface area contributed by atoms with Gasteiger partial charge in [0, 0.05) is 11.8 Å². The Hall–Kier alpha value is -2.79. The van der Waals surface area contributed by atoms with Crippen molar-refractivity contribution >= 4 is 35.2 Å². The van der Waals surface area contributed by atoms with Crippen LogP contribution in [0.5, 0.6) is 5.75 Å². The van der Waals surface area contributed by atoms with E-state index in [1.54, 1.807) is 26.2 Å². The Morgan fingerprint density at radius 3 is 2.48 bits per heavy atom. The van der Waals surface area contributed by atoms with Gasteiger partial charge in [0.15, 0.2) is 0 Å². The maximum absolute atomic E-state index is 12.0. The number of methoxy groups -OCH3 is 1. The summed E-state index contributed by atoms with van der Waals surface area (Å²) in [6.07, 6.45) is 3.10. The lowest BCUT2D eigenvalue weighted by molar-refractivity contribution is -0.111. The number of nitrogens with one attached hydrogen (secondary N) is 1. The number of carbonyl (C=O) groups excluding carboxylic acids is 2. The standard InChI is InChI=1S/C19H18ClNO4/c1-3-25-19(23)16-10-7-14(12-17(16)20)21-18(22)11-6-13-4-8-15(24-2)9-5-13/h4-12H,3H2,1-2H3,(H,21,22)/b11-6+. The molecule has 0 aromatic heterocycles. The Morgan fingerprint density at radius 2 is 1.88 bits per heavy atom. The second-order valence-electron chi connectivity index (χ2n) is 5.01. The van der Waals surface area contributed by atoms with Crippen molar-refractivity contribution < 1.29 is 19.1 Å². The highest BCUT2D eigenvalue weighted by Gasteiger charge is 2.12. The molecule has 0 bridgehead atoms. The summed E-state index contributed by atoms with van der Waals surface area (Å²) in [5.74, 6) is -0.0570. The highest BCUT2D eigenvalue weighted by molar-refractivity contribution is 6.34. The van der Waals surface area contributed by atoms with Crippen molar-refractivity contribution in [2.45, 2.75) is 6.92 Å². The summed E-state index contributed by atoms with van der Waals surface area (Å²) in [4.78, 5) is 23.7. The maximum Gasteiger partial charge on any atom is 0.339 e. The lowest BCUT2D eigenvalue weighted by atomic mass is 10.2. The summed E-state index contributed by atoms with van der Waals surface area (Å²) in [6, 6.07) is 11.9. The third kappa shape index (κ3) is 5.36. The van der Waals surface area contributed by atoms with Crippen LogP contribution in [0.2, 0.25) is 5.02 Å². The van der Waals surface area contributed by atoms with E-state index in [1.807, 2.05) is 24.3 Å². The monoisotopic (exact) mass is 359 g/mol. The van der Waals surface area contributed by atoms with Gasteiger partial charge in [0.1, 0.15) is 5.75 Å². The van der Waals surface area contributed by atoms with Crippen LogP contribution < -0.4 is 10.1 Å². The van der Waals surface area contributed by atoms with Crippen molar-refractivity contribution in [3.8, 4) is 5.75 Å². The van der Waals surface area contributed by atoms with E-state index in [4.69, 9.17) is 21.1 Å². The molecule has 0 saturated heterocycles. The van der Waals surface area contributed by atoms with Crippen molar-refractivity contribution in [1.29, 1.82) is 0 Å². The zero-order chi connectivity index (χ0) is 18.2. The van der Waals surface area contributed by atoms with Gasteiger partial charge in [-0.2, -0.15) is 0 Å².